The van der Waals surface area contributed by atoms with Crippen molar-refractivity contribution in [3.05, 3.63) is 71.4 Å². The van der Waals surface area contributed by atoms with E-state index in [9.17, 15) is 23.2 Å². The molecule has 4 rings (SSSR count). The summed E-state index contributed by atoms with van der Waals surface area (Å²) in [7, 11) is 0. The van der Waals surface area contributed by atoms with Gasteiger partial charge in [0, 0.05) is 36.1 Å². The molecule has 0 radical (unpaired) electrons. The maximum atomic E-state index is 14.1. The van der Waals surface area contributed by atoms with Gasteiger partial charge in [0.15, 0.2) is 11.6 Å². The first-order valence-electron chi connectivity index (χ1n) is 16.1. The molecule has 1 aromatic heterocycles. The molecule has 2 amide bonds. The number of unbranched alkanes of at least 4 members (excludes halogenated alkanes) is 1. The van der Waals surface area contributed by atoms with E-state index in [1.54, 1.807) is 26.8 Å². The van der Waals surface area contributed by atoms with Gasteiger partial charge in [-0.2, -0.15) is 0 Å². The van der Waals surface area contributed by atoms with E-state index in [2.05, 4.69) is 15.6 Å². The summed E-state index contributed by atoms with van der Waals surface area (Å²) in [5.41, 5.74) is 7.32. The molecule has 250 valence electrons. The van der Waals surface area contributed by atoms with Crippen LogP contribution in [0.5, 0.6) is 0 Å². The van der Waals surface area contributed by atoms with Gasteiger partial charge in [-0.25, -0.2) is 13.6 Å². The highest BCUT2D eigenvalue weighted by molar-refractivity contribution is 5.93. The van der Waals surface area contributed by atoms with E-state index in [-0.39, 0.29) is 5.91 Å². The molecule has 0 saturated carbocycles. The Hall–Kier alpha value is -3.83. The lowest BCUT2D eigenvalue weighted by atomic mass is 9.90. The summed E-state index contributed by atoms with van der Waals surface area (Å²) in [5.74, 6) is -3.98. The number of carbonyl (C=O) groups excluding carboxylic acids is 3. The highest BCUT2D eigenvalue weighted by Gasteiger charge is 2.36. The summed E-state index contributed by atoms with van der Waals surface area (Å²) in [4.78, 5) is 46.3. The predicted molar refractivity (Wildman–Crippen MR) is 174 cm³/mol. The number of ether oxygens (including phenoxy) is 1. The van der Waals surface area contributed by atoms with Crippen molar-refractivity contribution in [3.63, 3.8) is 0 Å². The number of carbonyl (C=O) groups is 3. The summed E-state index contributed by atoms with van der Waals surface area (Å²) in [6.07, 6.45) is 4.85. The molecule has 5 N–H and O–H groups in total. The Morgan fingerprint density at radius 3 is 2.57 bits per heavy atom. The lowest BCUT2D eigenvalue weighted by Gasteiger charge is -2.34. The zero-order valence-electron chi connectivity index (χ0n) is 27.2. The molecule has 2 unspecified atom stereocenters. The molecule has 0 spiro atoms. The van der Waals surface area contributed by atoms with E-state index < -0.39 is 53.0 Å². The van der Waals surface area contributed by atoms with Crippen molar-refractivity contribution in [2.24, 2.45) is 11.7 Å². The maximum absolute atomic E-state index is 14.1. The van der Waals surface area contributed by atoms with Crippen LogP contribution in [0.4, 0.5) is 8.78 Å². The number of hydrogen-bond acceptors (Lipinski definition) is 6. The summed E-state index contributed by atoms with van der Waals surface area (Å²) in [6.45, 7) is 9.13. The zero-order chi connectivity index (χ0) is 33.4. The number of piperidine rings is 1. The minimum absolute atomic E-state index is 0.279. The average molecular weight is 640 g/mol. The van der Waals surface area contributed by atoms with Crippen molar-refractivity contribution in [2.75, 3.05) is 19.6 Å². The minimum Gasteiger partial charge on any atom is -0.458 e. The number of hydrogen-bond donors (Lipinski definition) is 4. The van der Waals surface area contributed by atoms with E-state index in [0.29, 0.717) is 57.4 Å². The summed E-state index contributed by atoms with van der Waals surface area (Å²) < 4.78 is 32.9. The number of para-hydroxylation sites is 1. The minimum atomic E-state index is -0.993. The van der Waals surface area contributed by atoms with Crippen LogP contribution in [-0.2, 0) is 25.7 Å². The Bertz CT molecular complexity index is 1500. The number of benzene rings is 2. The van der Waals surface area contributed by atoms with Crippen LogP contribution in [-0.4, -0.2) is 65.0 Å². The molecule has 2 heterocycles. The van der Waals surface area contributed by atoms with E-state index in [1.807, 2.05) is 42.3 Å². The van der Waals surface area contributed by atoms with Crippen LogP contribution < -0.4 is 16.4 Å². The van der Waals surface area contributed by atoms with Crippen LogP contribution in [0.2, 0.25) is 0 Å². The number of esters is 1. The molecular formula is C35H47F2N5O4. The molecule has 2 aromatic carbocycles. The maximum Gasteiger partial charge on any atom is 0.329 e. The Morgan fingerprint density at radius 1 is 1.09 bits per heavy atom. The number of nitrogens with two attached hydrogens (primary N) is 1. The lowest BCUT2D eigenvalue weighted by molar-refractivity contribution is -0.159. The number of aromatic nitrogens is 1. The number of H-pyrrole nitrogens is 1. The second kappa shape index (κ2) is 15.6. The number of fused-ring (bicyclic) bond motifs is 1. The van der Waals surface area contributed by atoms with E-state index in [4.69, 9.17) is 10.5 Å². The van der Waals surface area contributed by atoms with Gasteiger partial charge < -0.3 is 26.1 Å². The highest BCUT2D eigenvalue weighted by atomic mass is 19.2. The molecule has 46 heavy (non-hydrogen) atoms. The van der Waals surface area contributed by atoms with Gasteiger partial charge in [-0.1, -0.05) is 31.2 Å². The quantitative estimate of drug-likeness (QED) is 0.156. The fourth-order valence-electron chi connectivity index (χ4n) is 6.02. The average Bonchev–Trinajstić information content (AvgIpc) is 3.44. The van der Waals surface area contributed by atoms with Gasteiger partial charge in [-0.15, -0.1) is 0 Å². The first-order valence-corrected chi connectivity index (χ1v) is 16.1. The van der Waals surface area contributed by atoms with Gasteiger partial charge in [0.2, 0.25) is 11.8 Å². The Kier molecular flexibility index (Phi) is 11.9. The molecule has 0 aliphatic carbocycles. The van der Waals surface area contributed by atoms with Crippen LogP contribution in [0.1, 0.15) is 76.8 Å². The molecule has 1 aliphatic rings. The molecule has 11 heteroatoms. The van der Waals surface area contributed by atoms with Crippen molar-refractivity contribution in [2.45, 2.75) is 89.9 Å². The van der Waals surface area contributed by atoms with E-state index in [0.717, 1.165) is 29.0 Å². The zero-order valence-corrected chi connectivity index (χ0v) is 27.2. The topological polar surface area (TPSA) is 130 Å². The number of likely N-dealkylation sites (tertiary alicyclic amines) is 1. The van der Waals surface area contributed by atoms with Gasteiger partial charge in [-0.3, -0.25) is 14.5 Å². The fourth-order valence-corrected chi connectivity index (χ4v) is 6.02. The van der Waals surface area contributed by atoms with Gasteiger partial charge in [0.1, 0.15) is 17.7 Å². The van der Waals surface area contributed by atoms with E-state index in [1.165, 1.54) is 6.07 Å². The van der Waals surface area contributed by atoms with Gasteiger partial charge in [0.25, 0.3) is 0 Å². The molecule has 0 bridgehead atoms. The number of nitrogens with one attached hydrogen (secondary N) is 3. The monoisotopic (exact) mass is 639 g/mol. The third kappa shape index (κ3) is 9.35. The standard InChI is InChI=1S/C35H47F2N5O4/c1-22(26-19-39-29-12-6-5-11-25(26)29)31(33(44)40-30(13-7-8-16-38)34(45)46-35(2,3)4)41-32(43)24-10-9-17-42(21-24)20-23-14-15-27(36)28(37)18-23/h5-6,11-12,14-15,18-19,22,24,30-31,39H,7-10,13,16-17,20-21,38H2,1-4H3,(H,40,44)(H,41,43)/t22-,24?,30-,31?/m0/s1. The number of rotatable bonds is 13. The van der Waals surface area contributed by atoms with Gasteiger partial charge in [0.05, 0.1) is 5.92 Å². The molecule has 1 aliphatic heterocycles. The smallest absolute Gasteiger partial charge is 0.329 e. The van der Waals surface area contributed by atoms with Crippen molar-refractivity contribution >= 4 is 28.7 Å². The predicted octanol–water partition coefficient (Wildman–Crippen LogP) is 4.90. The highest BCUT2D eigenvalue weighted by Crippen LogP contribution is 2.29. The summed E-state index contributed by atoms with van der Waals surface area (Å²) >= 11 is 0. The van der Waals surface area contributed by atoms with Gasteiger partial charge >= 0.3 is 5.97 Å². The Labute approximate surface area is 269 Å². The first kappa shape index (κ1) is 35.0. The second-order valence-corrected chi connectivity index (χ2v) is 13.3. The summed E-state index contributed by atoms with van der Waals surface area (Å²) in [5, 5.41) is 6.85. The molecule has 1 saturated heterocycles. The summed E-state index contributed by atoms with van der Waals surface area (Å²) in [6, 6.07) is 9.66. The van der Waals surface area contributed by atoms with Crippen molar-refractivity contribution in [1.82, 2.24) is 20.5 Å². The normalized spacial score (nSPS) is 17.7. The first-order chi connectivity index (χ1) is 21.9. The number of halogens is 2. The van der Waals surface area contributed by atoms with Crippen LogP contribution >= 0.6 is 0 Å². The van der Waals surface area contributed by atoms with Crippen molar-refractivity contribution in [3.8, 4) is 0 Å². The Balaban J connectivity index is 1.55. The SMILES string of the molecule is C[C@@H](c1c[nH]c2ccccc12)C(NC(=O)C1CCCN(Cc2ccc(F)c(F)c2)C1)C(=O)N[C@@H](CCCCN)C(=O)OC(C)(C)C. The number of aromatic amines is 1. The Morgan fingerprint density at radius 2 is 1.85 bits per heavy atom. The van der Waals surface area contributed by atoms with Crippen molar-refractivity contribution < 1.29 is 27.9 Å². The van der Waals surface area contributed by atoms with Crippen molar-refractivity contribution in [1.29, 1.82) is 0 Å². The molecular weight excluding hydrogens is 592 g/mol. The number of nitrogens with zero attached hydrogens (tertiary/aromatic N) is 1. The second-order valence-electron chi connectivity index (χ2n) is 13.3. The van der Waals surface area contributed by atoms with Crippen LogP contribution in [0, 0.1) is 17.6 Å². The molecule has 9 nitrogen and oxygen atoms in total. The van der Waals surface area contributed by atoms with Crippen LogP contribution in [0.15, 0.2) is 48.7 Å². The molecule has 1 fully saturated rings. The van der Waals surface area contributed by atoms with E-state index >= 15 is 0 Å². The fraction of sp³-hybridized carbons (Fsp3) is 0.514. The largest absolute Gasteiger partial charge is 0.458 e. The van der Waals surface area contributed by atoms with Crippen LogP contribution in [0.3, 0.4) is 0 Å². The lowest BCUT2D eigenvalue weighted by Crippen LogP contribution is -2.56. The van der Waals surface area contributed by atoms with Gasteiger partial charge in [-0.05, 0) is 95.3 Å². The third-order valence-electron chi connectivity index (χ3n) is 8.41. The van der Waals surface area contributed by atoms with Crippen LogP contribution in [0.25, 0.3) is 10.9 Å². The number of amides is 2. The molecule has 3 aromatic rings. The molecule has 4 atom stereocenters. The third-order valence-corrected chi connectivity index (χ3v) is 8.41.